The van der Waals surface area contributed by atoms with Gasteiger partial charge in [0.2, 0.25) is 0 Å². The monoisotopic (exact) mass is 456 g/mol. The molecule has 164 valence electrons. The molecule has 0 bridgehead atoms. The summed E-state index contributed by atoms with van der Waals surface area (Å²) in [5.41, 5.74) is 3.79. The fourth-order valence-corrected chi connectivity index (χ4v) is 5.18. The summed E-state index contributed by atoms with van der Waals surface area (Å²) in [4.78, 5) is 17.0. The number of benzene rings is 2. The van der Waals surface area contributed by atoms with E-state index in [0.29, 0.717) is 23.0 Å². The molecule has 0 atom stereocenters. The van der Waals surface area contributed by atoms with E-state index in [-0.39, 0.29) is 10.7 Å². The number of aromatic nitrogens is 1. The average molecular weight is 457 g/mol. The first-order valence-electron chi connectivity index (χ1n) is 10.5. The van der Waals surface area contributed by atoms with Crippen molar-refractivity contribution in [2.75, 3.05) is 0 Å². The van der Waals surface area contributed by atoms with Gasteiger partial charge < -0.3 is 4.42 Å². The summed E-state index contributed by atoms with van der Waals surface area (Å²) in [6.45, 7) is 0. The molecule has 2 aromatic heterocycles. The molecule has 0 fully saturated rings. The molecule has 7 heteroatoms. The van der Waals surface area contributed by atoms with Crippen molar-refractivity contribution in [3.63, 3.8) is 0 Å². The SMILES string of the molecule is O=C(NS(=O)(=O)C1=C(c2ccccc2)CCC=C1)c1cc2ccc(-c3cccnc3)cc2o1. The number of furan rings is 1. The summed E-state index contributed by atoms with van der Waals surface area (Å²) in [6.07, 6.45) is 8.09. The van der Waals surface area contributed by atoms with Gasteiger partial charge in [-0.15, -0.1) is 0 Å². The first-order chi connectivity index (χ1) is 16.0. The van der Waals surface area contributed by atoms with Gasteiger partial charge in [0.25, 0.3) is 10.0 Å². The van der Waals surface area contributed by atoms with Crippen molar-refractivity contribution in [2.45, 2.75) is 12.8 Å². The molecule has 0 saturated heterocycles. The van der Waals surface area contributed by atoms with E-state index >= 15 is 0 Å². The van der Waals surface area contributed by atoms with E-state index in [2.05, 4.69) is 9.71 Å². The maximum Gasteiger partial charge on any atom is 0.300 e. The first kappa shape index (κ1) is 20.9. The number of nitrogens with one attached hydrogen (secondary N) is 1. The lowest BCUT2D eigenvalue weighted by molar-refractivity contribution is 0.0957. The molecule has 1 aliphatic rings. The zero-order valence-corrected chi connectivity index (χ0v) is 18.4. The summed E-state index contributed by atoms with van der Waals surface area (Å²) >= 11 is 0. The molecule has 0 spiro atoms. The molecule has 5 rings (SSSR count). The van der Waals surface area contributed by atoms with Crippen LogP contribution >= 0.6 is 0 Å². The first-order valence-corrected chi connectivity index (χ1v) is 12.0. The molecular formula is C26H20N2O4S. The maximum atomic E-state index is 13.1. The number of hydrogen-bond acceptors (Lipinski definition) is 5. The van der Waals surface area contributed by atoms with Gasteiger partial charge in [-0.05, 0) is 53.8 Å². The Balaban J connectivity index is 1.45. The van der Waals surface area contributed by atoms with Crippen LogP contribution in [0.25, 0.3) is 27.7 Å². The molecule has 6 nitrogen and oxygen atoms in total. The molecule has 1 amide bonds. The van der Waals surface area contributed by atoms with E-state index in [1.165, 1.54) is 6.07 Å². The topological polar surface area (TPSA) is 89.3 Å². The highest BCUT2D eigenvalue weighted by molar-refractivity contribution is 7.94. The molecule has 0 saturated carbocycles. The van der Waals surface area contributed by atoms with Crippen LogP contribution in [-0.4, -0.2) is 19.3 Å². The second-order valence-electron chi connectivity index (χ2n) is 7.69. The number of sulfonamides is 1. The van der Waals surface area contributed by atoms with E-state index < -0.39 is 15.9 Å². The summed E-state index contributed by atoms with van der Waals surface area (Å²) in [5, 5.41) is 0.701. The zero-order chi connectivity index (χ0) is 22.8. The van der Waals surface area contributed by atoms with E-state index in [4.69, 9.17) is 4.42 Å². The van der Waals surface area contributed by atoms with Gasteiger partial charge >= 0.3 is 5.91 Å². The predicted molar refractivity (Wildman–Crippen MR) is 128 cm³/mol. The minimum atomic E-state index is -4.09. The highest BCUT2D eigenvalue weighted by Gasteiger charge is 2.26. The Kier molecular flexibility index (Phi) is 5.40. The summed E-state index contributed by atoms with van der Waals surface area (Å²) < 4.78 is 34.1. The number of carbonyl (C=O) groups excluding carboxylic acids is 1. The number of rotatable bonds is 5. The van der Waals surface area contributed by atoms with Gasteiger partial charge in [0, 0.05) is 23.3 Å². The number of pyridine rings is 1. The second-order valence-corrected chi connectivity index (χ2v) is 9.34. The van der Waals surface area contributed by atoms with E-state index in [1.807, 2.05) is 54.6 Å². The molecule has 33 heavy (non-hydrogen) atoms. The van der Waals surface area contributed by atoms with Crippen LogP contribution in [0.5, 0.6) is 0 Å². The molecule has 4 aromatic rings. The fraction of sp³-hybridized carbons (Fsp3) is 0.0769. The van der Waals surface area contributed by atoms with Crippen LogP contribution in [0.15, 0.2) is 101 Å². The van der Waals surface area contributed by atoms with Gasteiger partial charge in [-0.2, -0.15) is 0 Å². The highest BCUT2D eigenvalue weighted by Crippen LogP contribution is 2.31. The van der Waals surface area contributed by atoms with Crippen molar-refractivity contribution in [1.82, 2.24) is 9.71 Å². The molecular weight excluding hydrogens is 436 g/mol. The molecule has 1 N–H and O–H groups in total. The van der Waals surface area contributed by atoms with Crippen LogP contribution in [0.2, 0.25) is 0 Å². The minimum absolute atomic E-state index is 0.0708. The Morgan fingerprint density at radius 3 is 2.55 bits per heavy atom. The normalized spacial score (nSPS) is 13.9. The average Bonchev–Trinajstić information content (AvgIpc) is 3.29. The van der Waals surface area contributed by atoms with Crippen LogP contribution in [0.4, 0.5) is 0 Å². The molecule has 0 radical (unpaired) electrons. The molecule has 1 aliphatic carbocycles. The Bertz CT molecular complexity index is 1500. The van der Waals surface area contributed by atoms with Gasteiger partial charge in [-0.25, -0.2) is 13.1 Å². The maximum absolute atomic E-state index is 13.1. The van der Waals surface area contributed by atoms with Crippen molar-refractivity contribution >= 4 is 32.5 Å². The lowest BCUT2D eigenvalue weighted by atomic mass is 9.97. The molecule has 2 aromatic carbocycles. The Labute approximate surface area is 191 Å². The summed E-state index contributed by atoms with van der Waals surface area (Å²) in [6, 6.07) is 20.2. The third-order valence-corrected chi connectivity index (χ3v) is 6.92. The van der Waals surface area contributed by atoms with Crippen LogP contribution in [0.3, 0.4) is 0 Å². The van der Waals surface area contributed by atoms with Crippen LogP contribution in [0.1, 0.15) is 29.0 Å². The van der Waals surface area contributed by atoms with Gasteiger partial charge in [0.15, 0.2) is 5.76 Å². The number of allylic oxidation sites excluding steroid dienone is 3. The van der Waals surface area contributed by atoms with E-state index in [1.54, 1.807) is 30.6 Å². The van der Waals surface area contributed by atoms with Crippen molar-refractivity contribution in [1.29, 1.82) is 0 Å². The van der Waals surface area contributed by atoms with Crippen LogP contribution in [-0.2, 0) is 10.0 Å². The largest absolute Gasteiger partial charge is 0.451 e. The summed E-state index contributed by atoms with van der Waals surface area (Å²) in [5.74, 6) is -0.883. The number of amides is 1. The molecule has 0 unspecified atom stereocenters. The predicted octanol–water partition coefficient (Wildman–Crippen LogP) is 5.32. The number of carbonyl (C=O) groups is 1. The lowest BCUT2D eigenvalue weighted by Crippen LogP contribution is -2.31. The number of nitrogens with zero attached hydrogens (tertiary/aromatic N) is 1. The smallest absolute Gasteiger partial charge is 0.300 e. The Morgan fingerprint density at radius 2 is 1.76 bits per heavy atom. The second kappa shape index (κ2) is 8.52. The highest BCUT2D eigenvalue weighted by atomic mass is 32.2. The van der Waals surface area contributed by atoms with Crippen molar-refractivity contribution in [3.8, 4) is 11.1 Å². The Morgan fingerprint density at radius 1 is 0.939 bits per heavy atom. The van der Waals surface area contributed by atoms with Crippen molar-refractivity contribution in [3.05, 3.63) is 108 Å². The summed E-state index contributed by atoms with van der Waals surface area (Å²) in [7, 11) is -4.09. The van der Waals surface area contributed by atoms with Crippen molar-refractivity contribution in [2.24, 2.45) is 0 Å². The zero-order valence-electron chi connectivity index (χ0n) is 17.6. The van der Waals surface area contributed by atoms with E-state index in [9.17, 15) is 13.2 Å². The third-order valence-electron chi connectivity index (χ3n) is 5.51. The number of fused-ring (bicyclic) bond motifs is 1. The van der Waals surface area contributed by atoms with Gasteiger partial charge in [0.1, 0.15) is 5.58 Å². The van der Waals surface area contributed by atoms with Crippen LogP contribution < -0.4 is 4.72 Å². The Hall–Kier alpha value is -3.97. The van der Waals surface area contributed by atoms with E-state index in [0.717, 1.165) is 23.1 Å². The molecule has 2 heterocycles. The lowest BCUT2D eigenvalue weighted by Gasteiger charge is -2.17. The molecule has 0 aliphatic heterocycles. The number of hydrogen-bond donors (Lipinski definition) is 1. The van der Waals surface area contributed by atoms with Gasteiger partial charge in [0.05, 0.1) is 4.91 Å². The third kappa shape index (κ3) is 4.23. The minimum Gasteiger partial charge on any atom is -0.451 e. The quantitative estimate of drug-likeness (QED) is 0.439. The van der Waals surface area contributed by atoms with Gasteiger partial charge in [-0.3, -0.25) is 9.78 Å². The van der Waals surface area contributed by atoms with Crippen LogP contribution in [0, 0.1) is 0 Å². The fourth-order valence-electron chi connectivity index (χ4n) is 3.90. The van der Waals surface area contributed by atoms with Crippen molar-refractivity contribution < 1.29 is 17.6 Å². The standard InChI is InChI=1S/C26H20N2O4S/c29-26(24-16-20-13-12-19(15-23(20)32-24)21-9-6-14-27-17-21)28-33(30,31)25-11-5-4-10-22(25)18-7-2-1-3-8-18/h1-3,5-9,11-17H,4,10H2,(H,28,29). The van der Waals surface area contributed by atoms with Gasteiger partial charge in [-0.1, -0.05) is 54.6 Å².